The highest BCUT2D eigenvalue weighted by atomic mass is 127. The summed E-state index contributed by atoms with van der Waals surface area (Å²) in [4.78, 5) is 2.27. The number of halogens is 2. The first-order valence-corrected chi connectivity index (χ1v) is 7.22. The summed E-state index contributed by atoms with van der Waals surface area (Å²) in [5.74, 6) is -0.234. The Morgan fingerprint density at radius 2 is 2.17 bits per heavy atom. The Morgan fingerprint density at radius 3 is 2.78 bits per heavy atom. The SMILES string of the molecule is CCC(C)N(C)CCNc1cc(F)c(I)cc1N. The van der Waals surface area contributed by atoms with Crippen LogP contribution in [0.2, 0.25) is 0 Å². The van der Waals surface area contributed by atoms with Crippen LogP contribution in [0.5, 0.6) is 0 Å². The van der Waals surface area contributed by atoms with E-state index in [1.54, 1.807) is 6.07 Å². The van der Waals surface area contributed by atoms with Gasteiger partial charge in [-0.15, -0.1) is 0 Å². The van der Waals surface area contributed by atoms with Crippen molar-refractivity contribution >= 4 is 34.0 Å². The quantitative estimate of drug-likeness (QED) is 0.601. The van der Waals surface area contributed by atoms with E-state index >= 15 is 0 Å². The van der Waals surface area contributed by atoms with Crippen molar-refractivity contribution in [2.45, 2.75) is 26.3 Å². The molecule has 0 saturated carbocycles. The first kappa shape index (κ1) is 15.5. The van der Waals surface area contributed by atoms with E-state index in [9.17, 15) is 4.39 Å². The molecule has 1 aromatic carbocycles. The zero-order valence-corrected chi connectivity index (χ0v) is 13.3. The number of benzene rings is 1. The van der Waals surface area contributed by atoms with Crippen LogP contribution in [-0.4, -0.2) is 31.1 Å². The fraction of sp³-hybridized carbons (Fsp3) is 0.538. The van der Waals surface area contributed by atoms with Crippen LogP contribution in [-0.2, 0) is 0 Å². The fourth-order valence-corrected chi connectivity index (χ4v) is 2.11. The number of likely N-dealkylation sites (N-methyl/N-ethyl adjacent to an activating group) is 1. The molecule has 0 aliphatic rings. The van der Waals surface area contributed by atoms with Crippen LogP contribution in [0.3, 0.4) is 0 Å². The second-order valence-electron chi connectivity index (χ2n) is 4.52. The molecular formula is C13H21FIN3. The Morgan fingerprint density at radius 1 is 1.50 bits per heavy atom. The van der Waals surface area contributed by atoms with Crippen molar-refractivity contribution in [1.82, 2.24) is 4.90 Å². The molecule has 0 radical (unpaired) electrons. The predicted molar refractivity (Wildman–Crippen MR) is 84.4 cm³/mol. The maximum absolute atomic E-state index is 13.4. The standard InChI is InChI=1S/C13H21FIN3/c1-4-9(2)18(3)6-5-17-13-7-10(14)11(15)8-12(13)16/h7-9,17H,4-6,16H2,1-3H3. The Hall–Kier alpha value is -0.560. The van der Waals surface area contributed by atoms with Crippen LogP contribution in [0.1, 0.15) is 20.3 Å². The van der Waals surface area contributed by atoms with Crippen molar-refractivity contribution in [3.63, 3.8) is 0 Å². The van der Waals surface area contributed by atoms with E-state index in [0.29, 0.717) is 21.0 Å². The summed E-state index contributed by atoms with van der Waals surface area (Å²) in [6.45, 7) is 6.02. The van der Waals surface area contributed by atoms with Crippen LogP contribution in [0, 0.1) is 9.39 Å². The smallest absolute Gasteiger partial charge is 0.138 e. The van der Waals surface area contributed by atoms with Gasteiger partial charge in [0.25, 0.3) is 0 Å². The van der Waals surface area contributed by atoms with Gasteiger partial charge in [0.1, 0.15) is 5.82 Å². The van der Waals surface area contributed by atoms with Crippen LogP contribution in [0.25, 0.3) is 0 Å². The molecule has 0 aliphatic carbocycles. The minimum absolute atomic E-state index is 0.234. The lowest BCUT2D eigenvalue weighted by atomic mass is 10.2. The monoisotopic (exact) mass is 365 g/mol. The van der Waals surface area contributed by atoms with Crippen molar-refractivity contribution in [3.05, 3.63) is 21.5 Å². The minimum atomic E-state index is -0.234. The number of nitrogen functional groups attached to an aromatic ring is 1. The number of hydrogen-bond acceptors (Lipinski definition) is 3. The van der Waals surface area contributed by atoms with Crippen molar-refractivity contribution < 1.29 is 4.39 Å². The van der Waals surface area contributed by atoms with Gasteiger partial charge in [0.15, 0.2) is 0 Å². The molecule has 5 heteroatoms. The van der Waals surface area contributed by atoms with E-state index in [4.69, 9.17) is 5.73 Å². The third-order valence-electron chi connectivity index (χ3n) is 3.22. The largest absolute Gasteiger partial charge is 0.397 e. The van der Waals surface area contributed by atoms with Crippen LogP contribution in [0.4, 0.5) is 15.8 Å². The second-order valence-corrected chi connectivity index (χ2v) is 5.68. The predicted octanol–water partition coefficient (Wildman–Crippen LogP) is 3.15. The Kier molecular flexibility index (Phi) is 6.14. The number of nitrogens with one attached hydrogen (secondary N) is 1. The van der Waals surface area contributed by atoms with Gasteiger partial charge in [-0.2, -0.15) is 0 Å². The average Bonchev–Trinajstić information content (AvgIpc) is 2.34. The van der Waals surface area contributed by atoms with Gasteiger partial charge in [0, 0.05) is 25.2 Å². The first-order valence-electron chi connectivity index (χ1n) is 6.14. The molecule has 0 saturated heterocycles. The lowest BCUT2D eigenvalue weighted by molar-refractivity contribution is 0.261. The van der Waals surface area contributed by atoms with E-state index in [0.717, 1.165) is 19.5 Å². The lowest BCUT2D eigenvalue weighted by Crippen LogP contribution is -2.32. The van der Waals surface area contributed by atoms with Gasteiger partial charge >= 0.3 is 0 Å². The lowest BCUT2D eigenvalue weighted by Gasteiger charge is -2.23. The van der Waals surface area contributed by atoms with Gasteiger partial charge in [-0.25, -0.2) is 4.39 Å². The summed E-state index contributed by atoms with van der Waals surface area (Å²) < 4.78 is 14.0. The Balaban J connectivity index is 2.52. The Labute approximate surface area is 122 Å². The average molecular weight is 365 g/mol. The number of rotatable bonds is 6. The molecule has 1 rings (SSSR count). The molecule has 18 heavy (non-hydrogen) atoms. The second kappa shape index (κ2) is 7.13. The zero-order valence-electron chi connectivity index (χ0n) is 11.1. The maximum Gasteiger partial charge on any atom is 0.138 e. The summed E-state index contributed by atoms with van der Waals surface area (Å²) >= 11 is 1.94. The molecular weight excluding hydrogens is 344 g/mol. The number of nitrogens with zero attached hydrogens (tertiary/aromatic N) is 1. The van der Waals surface area contributed by atoms with E-state index < -0.39 is 0 Å². The summed E-state index contributed by atoms with van der Waals surface area (Å²) in [5, 5.41) is 3.18. The summed E-state index contributed by atoms with van der Waals surface area (Å²) in [6.07, 6.45) is 1.12. The van der Waals surface area contributed by atoms with Crippen molar-refractivity contribution in [2.24, 2.45) is 0 Å². The highest BCUT2D eigenvalue weighted by Crippen LogP contribution is 2.23. The molecule has 3 nitrogen and oxygen atoms in total. The highest BCUT2D eigenvalue weighted by Gasteiger charge is 2.08. The molecule has 3 N–H and O–H groups in total. The van der Waals surface area contributed by atoms with E-state index in [1.165, 1.54) is 6.07 Å². The van der Waals surface area contributed by atoms with Gasteiger partial charge in [0.05, 0.1) is 14.9 Å². The molecule has 1 atom stereocenters. The number of anilines is 2. The van der Waals surface area contributed by atoms with Crippen molar-refractivity contribution in [1.29, 1.82) is 0 Å². The topological polar surface area (TPSA) is 41.3 Å². The molecule has 0 aromatic heterocycles. The van der Waals surface area contributed by atoms with E-state index in [-0.39, 0.29) is 5.82 Å². The third-order valence-corrected chi connectivity index (χ3v) is 4.04. The first-order chi connectivity index (χ1) is 8.45. The number of nitrogens with two attached hydrogens (primary N) is 1. The minimum Gasteiger partial charge on any atom is -0.397 e. The van der Waals surface area contributed by atoms with Crippen LogP contribution in [0.15, 0.2) is 12.1 Å². The molecule has 0 aliphatic heterocycles. The van der Waals surface area contributed by atoms with Gasteiger partial charge in [-0.05, 0) is 49.0 Å². The van der Waals surface area contributed by atoms with Gasteiger partial charge in [0.2, 0.25) is 0 Å². The maximum atomic E-state index is 13.4. The zero-order chi connectivity index (χ0) is 13.7. The van der Waals surface area contributed by atoms with E-state index in [1.807, 2.05) is 22.6 Å². The molecule has 0 fully saturated rings. The molecule has 102 valence electrons. The summed E-state index contributed by atoms with van der Waals surface area (Å²) in [7, 11) is 2.09. The summed E-state index contributed by atoms with van der Waals surface area (Å²) in [6, 6.07) is 3.66. The molecule has 0 bridgehead atoms. The number of hydrogen-bond donors (Lipinski definition) is 2. The fourth-order valence-electron chi connectivity index (χ4n) is 1.61. The molecule has 0 spiro atoms. The third kappa shape index (κ3) is 4.28. The molecule has 1 aromatic rings. The van der Waals surface area contributed by atoms with Crippen molar-refractivity contribution in [3.8, 4) is 0 Å². The Bertz CT molecular complexity index is 398. The van der Waals surface area contributed by atoms with Gasteiger partial charge in [-0.3, -0.25) is 0 Å². The molecule has 1 unspecified atom stereocenters. The normalized spacial score (nSPS) is 12.8. The summed E-state index contributed by atoms with van der Waals surface area (Å²) in [5.41, 5.74) is 7.11. The van der Waals surface area contributed by atoms with Crippen LogP contribution >= 0.6 is 22.6 Å². The van der Waals surface area contributed by atoms with Crippen molar-refractivity contribution in [2.75, 3.05) is 31.2 Å². The molecule has 0 heterocycles. The van der Waals surface area contributed by atoms with Crippen LogP contribution < -0.4 is 11.1 Å². The van der Waals surface area contributed by atoms with Gasteiger partial charge in [-0.1, -0.05) is 6.92 Å². The van der Waals surface area contributed by atoms with E-state index in [2.05, 4.69) is 31.1 Å². The highest BCUT2D eigenvalue weighted by molar-refractivity contribution is 14.1. The molecule has 0 amide bonds. The van der Waals surface area contributed by atoms with Gasteiger partial charge < -0.3 is 16.0 Å².